The summed E-state index contributed by atoms with van der Waals surface area (Å²) in [6.45, 7) is 1.57. The molecule has 0 aliphatic carbocycles. The van der Waals surface area contributed by atoms with E-state index in [0.29, 0.717) is 29.4 Å². The first-order chi connectivity index (χ1) is 13.4. The van der Waals surface area contributed by atoms with Crippen LogP contribution in [0.4, 0.5) is 0 Å². The molecule has 2 aromatic rings. The molecule has 6 heteroatoms. The second-order valence-electron chi connectivity index (χ2n) is 7.20. The van der Waals surface area contributed by atoms with E-state index in [-0.39, 0.29) is 5.91 Å². The Morgan fingerprint density at radius 3 is 2.89 bits per heavy atom. The molecule has 3 rings (SSSR count). The van der Waals surface area contributed by atoms with Crippen LogP contribution in [0.2, 0.25) is 10.0 Å². The van der Waals surface area contributed by atoms with Gasteiger partial charge in [-0.3, -0.25) is 4.79 Å². The van der Waals surface area contributed by atoms with E-state index in [9.17, 15) is 4.79 Å². The lowest BCUT2D eigenvalue weighted by atomic mass is 10.00. The third-order valence-electron chi connectivity index (χ3n) is 4.74. The zero-order valence-corrected chi connectivity index (χ0v) is 17.7. The van der Waals surface area contributed by atoms with Crippen molar-refractivity contribution in [1.29, 1.82) is 0 Å². The van der Waals surface area contributed by atoms with Crippen LogP contribution in [0.3, 0.4) is 0 Å². The molecule has 0 bridgehead atoms. The monoisotopic (exact) mass is 416 g/mol. The maximum Gasteiger partial charge on any atom is 0.247 e. The molecule has 0 unspecified atom stereocenters. The Morgan fingerprint density at radius 2 is 2.11 bits per heavy atom. The second-order valence-corrected chi connectivity index (χ2v) is 8.04. The highest BCUT2D eigenvalue weighted by atomic mass is 35.5. The minimum atomic E-state index is -0.0124. The number of aryl methyl sites for hydroxylation is 1. The Hall–Kier alpha value is -1.88. The Morgan fingerprint density at radius 1 is 1.29 bits per heavy atom. The highest BCUT2D eigenvalue weighted by molar-refractivity contribution is 6.36. The number of benzene rings is 2. The lowest BCUT2D eigenvalue weighted by Crippen LogP contribution is -2.25. The van der Waals surface area contributed by atoms with Crippen LogP contribution in [0.15, 0.2) is 41.5 Å². The first kappa shape index (κ1) is 20.8. The number of halogens is 2. The van der Waals surface area contributed by atoms with E-state index in [1.165, 1.54) is 0 Å². The van der Waals surface area contributed by atoms with E-state index in [0.717, 1.165) is 41.8 Å². The van der Waals surface area contributed by atoms with Gasteiger partial charge in [0, 0.05) is 22.0 Å². The summed E-state index contributed by atoms with van der Waals surface area (Å²) >= 11 is 12.4. The van der Waals surface area contributed by atoms with Gasteiger partial charge in [-0.25, -0.2) is 5.01 Å². The molecule has 0 N–H and O–H groups in total. The van der Waals surface area contributed by atoms with E-state index < -0.39 is 0 Å². The summed E-state index contributed by atoms with van der Waals surface area (Å²) in [4.78, 5) is 15.0. The number of carbonyl (C=O) groups excluding carboxylic acids is 1. The average Bonchev–Trinajstić information content (AvgIpc) is 3.15. The average molecular weight is 417 g/mol. The van der Waals surface area contributed by atoms with Crippen molar-refractivity contribution >= 4 is 34.8 Å². The van der Waals surface area contributed by atoms with Crippen molar-refractivity contribution in [3.05, 3.63) is 69.2 Å². The van der Waals surface area contributed by atoms with Crippen molar-refractivity contribution in [2.75, 3.05) is 27.2 Å². The van der Waals surface area contributed by atoms with Crippen LogP contribution in [0.1, 0.15) is 29.5 Å². The molecular weight excluding hydrogens is 393 g/mol. The van der Waals surface area contributed by atoms with Gasteiger partial charge in [0.2, 0.25) is 5.91 Å². The summed E-state index contributed by atoms with van der Waals surface area (Å²) in [7, 11) is 4.13. The summed E-state index contributed by atoms with van der Waals surface area (Å²) < 4.78 is 0. The number of hydrogen-bond acceptors (Lipinski definition) is 3. The van der Waals surface area contributed by atoms with E-state index in [2.05, 4.69) is 30.2 Å². The SMILES string of the molecule is CN(C)CCCc1[c]cccc1CC(=O)N1CCC(c2cc(Cl)ccc2Cl)=N1. The topological polar surface area (TPSA) is 35.9 Å². The first-order valence-electron chi connectivity index (χ1n) is 9.40. The molecule has 2 aromatic carbocycles. The third kappa shape index (κ3) is 5.34. The maximum absolute atomic E-state index is 12.8. The van der Waals surface area contributed by atoms with Gasteiger partial charge in [-0.05, 0) is 68.9 Å². The second kappa shape index (κ2) is 9.55. The highest BCUT2D eigenvalue weighted by Crippen LogP contribution is 2.25. The van der Waals surface area contributed by atoms with Gasteiger partial charge in [0.1, 0.15) is 0 Å². The van der Waals surface area contributed by atoms with Gasteiger partial charge in [0.05, 0.1) is 18.7 Å². The summed E-state index contributed by atoms with van der Waals surface area (Å²) in [5.41, 5.74) is 3.73. The Kier molecular flexibility index (Phi) is 7.11. The normalized spacial score (nSPS) is 13.9. The van der Waals surface area contributed by atoms with Gasteiger partial charge >= 0.3 is 0 Å². The third-order valence-corrected chi connectivity index (χ3v) is 5.31. The number of hydrogen-bond donors (Lipinski definition) is 0. The van der Waals surface area contributed by atoms with Crippen molar-refractivity contribution in [1.82, 2.24) is 9.91 Å². The van der Waals surface area contributed by atoms with Crippen LogP contribution in [-0.2, 0) is 17.6 Å². The predicted molar refractivity (Wildman–Crippen MR) is 115 cm³/mol. The molecule has 1 heterocycles. The van der Waals surface area contributed by atoms with Crippen LogP contribution in [0.25, 0.3) is 0 Å². The zero-order chi connectivity index (χ0) is 20.1. The fourth-order valence-electron chi connectivity index (χ4n) is 3.28. The number of hydrazone groups is 1. The van der Waals surface area contributed by atoms with E-state index in [1.807, 2.05) is 18.2 Å². The van der Waals surface area contributed by atoms with Crippen molar-refractivity contribution in [2.45, 2.75) is 25.7 Å². The molecule has 1 amide bonds. The smallest absolute Gasteiger partial charge is 0.247 e. The molecule has 147 valence electrons. The molecular formula is C22H24Cl2N3O. The van der Waals surface area contributed by atoms with E-state index in [1.54, 1.807) is 23.2 Å². The van der Waals surface area contributed by atoms with E-state index >= 15 is 0 Å². The van der Waals surface area contributed by atoms with Gasteiger partial charge in [-0.2, -0.15) is 5.10 Å². The maximum atomic E-state index is 12.8. The molecule has 28 heavy (non-hydrogen) atoms. The van der Waals surface area contributed by atoms with E-state index in [4.69, 9.17) is 23.2 Å². The van der Waals surface area contributed by atoms with Crippen molar-refractivity contribution in [2.24, 2.45) is 5.10 Å². The molecule has 0 aromatic heterocycles. The van der Waals surface area contributed by atoms with Gasteiger partial charge in [0.15, 0.2) is 0 Å². The summed E-state index contributed by atoms with van der Waals surface area (Å²) in [6.07, 6.45) is 2.94. The largest absolute Gasteiger partial charge is 0.309 e. The molecule has 1 aliphatic heterocycles. The van der Waals surface area contributed by atoms with Gasteiger partial charge < -0.3 is 4.90 Å². The van der Waals surface area contributed by atoms with Crippen molar-refractivity contribution in [3.8, 4) is 0 Å². The number of rotatable bonds is 7. The molecule has 1 radical (unpaired) electrons. The number of nitrogens with zero attached hydrogens (tertiary/aromatic N) is 3. The number of amides is 1. The molecule has 0 spiro atoms. The summed E-state index contributed by atoms with van der Waals surface area (Å²) in [5.74, 6) is -0.0124. The fraction of sp³-hybridized carbons (Fsp3) is 0.364. The fourth-order valence-corrected chi connectivity index (χ4v) is 3.67. The number of carbonyl (C=O) groups is 1. The quantitative estimate of drug-likeness (QED) is 0.667. The summed E-state index contributed by atoms with van der Waals surface area (Å²) in [5, 5.41) is 7.26. The van der Waals surface area contributed by atoms with Crippen molar-refractivity contribution in [3.63, 3.8) is 0 Å². The Bertz CT molecular complexity index is 880. The minimum absolute atomic E-state index is 0.0124. The first-order valence-corrected chi connectivity index (χ1v) is 10.2. The standard InChI is InChI=1S/C22H24Cl2N3O/c1-26(2)12-5-8-16-6-3-4-7-17(16)14-22(28)27-13-11-21(25-27)19-15-18(23)9-10-20(19)24/h3-4,7,9-10,15H,5,8,11-14H2,1-2H3. The molecule has 4 nitrogen and oxygen atoms in total. The molecule has 0 atom stereocenters. The minimum Gasteiger partial charge on any atom is -0.309 e. The van der Waals surface area contributed by atoms with Crippen LogP contribution in [-0.4, -0.2) is 48.7 Å². The highest BCUT2D eigenvalue weighted by Gasteiger charge is 2.23. The lowest BCUT2D eigenvalue weighted by molar-refractivity contribution is -0.130. The molecule has 0 saturated carbocycles. The van der Waals surface area contributed by atoms with Crippen LogP contribution in [0, 0.1) is 6.07 Å². The molecule has 0 fully saturated rings. The van der Waals surface area contributed by atoms with Crippen LogP contribution < -0.4 is 0 Å². The summed E-state index contributed by atoms with van der Waals surface area (Å²) in [6, 6.07) is 14.4. The Balaban J connectivity index is 1.69. The van der Waals surface area contributed by atoms with Crippen molar-refractivity contribution < 1.29 is 4.79 Å². The van der Waals surface area contributed by atoms with Gasteiger partial charge in [-0.15, -0.1) is 0 Å². The predicted octanol–water partition coefficient (Wildman–Crippen LogP) is 4.47. The molecule has 1 aliphatic rings. The van der Waals surface area contributed by atoms with Crippen LogP contribution in [0.5, 0.6) is 0 Å². The van der Waals surface area contributed by atoms with Gasteiger partial charge in [0.25, 0.3) is 0 Å². The molecule has 0 saturated heterocycles. The zero-order valence-electron chi connectivity index (χ0n) is 16.2. The van der Waals surface area contributed by atoms with Gasteiger partial charge in [-0.1, -0.05) is 41.4 Å². The lowest BCUT2D eigenvalue weighted by Gasteiger charge is -2.14. The Labute approximate surface area is 176 Å². The van der Waals surface area contributed by atoms with Crippen LogP contribution >= 0.6 is 23.2 Å².